The van der Waals surface area contributed by atoms with Gasteiger partial charge >= 0.3 is 0 Å². The number of carbonyl (C=O) groups excluding carboxylic acids is 1. The lowest BCUT2D eigenvalue weighted by atomic mass is 10.1. The van der Waals surface area contributed by atoms with Crippen molar-refractivity contribution in [3.8, 4) is 0 Å². The summed E-state index contributed by atoms with van der Waals surface area (Å²) in [5, 5.41) is 13.8. The van der Waals surface area contributed by atoms with E-state index in [0.717, 1.165) is 18.5 Å². The molecule has 0 bridgehead atoms. The highest BCUT2D eigenvalue weighted by atomic mass is 79.9. The summed E-state index contributed by atoms with van der Waals surface area (Å²) in [5.74, 6) is 0.0281. The summed E-state index contributed by atoms with van der Waals surface area (Å²) < 4.78 is 0.492. The lowest BCUT2D eigenvalue weighted by molar-refractivity contribution is -0.385. The Balaban J connectivity index is 2.23. The number of hydrogen-bond donors (Lipinski definition) is 1. The van der Waals surface area contributed by atoms with Crippen LogP contribution in [0.2, 0.25) is 0 Å². The van der Waals surface area contributed by atoms with Crippen molar-refractivity contribution in [2.24, 2.45) is 0 Å². The molecule has 2 rings (SSSR count). The van der Waals surface area contributed by atoms with E-state index in [1.54, 1.807) is 6.07 Å². The number of nitrogens with one attached hydrogen (secondary N) is 1. The van der Waals surface area contributed by atoms with Crippen LogP contribution in [0, 0.1) is 10.1 Å². The normalized spacial score (nSPS) is 19.7. The second kappa shape index (κ2) is 6.32. The number of nitrogens with zero attached hydrogens (tertiary/aromatic N) is 2. The molecule has 6 nitrogen and oxygen atoms in total. The number of nitro groups is 1. The minimum Gasteiger partial charge on any atom is -0.353 e. The summed E-state index contributed by atoms with van der Waals surface area (Å²) in [6.45, 7) is 3.85. The monoisotopic (exact) mass is 341 g/mol. The van der Waals surface area contributed by atoms with Gasteiger partial charge in [0.25, 0.3) is 5.69 Å². The molecule has 1 heterocycles. The highest BCUT2D eigenvalue weighted by Gasteiger charge is 2.29. The van der Waals surface area contributed by atoms with Crippen molar-refractivity contribution in [3.63, 3.8) is 0 Å². The number of piperazine rings is 1. The molecular formula is C13H16BrN3O3. The zero-order valence-electron chi connectivity index (χ0n) is 11.1. The first-order valence-electron chi connectivity index (χ1n) is 6.48. The van der Waals surface area contributed by atoms with Crippen LogP contribution in [0.25, 0.3) is 0 Å². The zero-order chi connectivity index (χ0) is 14.7. The Morgan fingerprint density at radius 1 is 1.55 bits per heavy atom. The molecule has 0 saturated carbocycles. The number of halogens is 1. The van der Waals surface area contributed by atoms with Crippen molar-refractivity contribution in [1.82, 2.24) is 10.2 Å². The predicted molar refractivity (Wildman–Crippen MR) is 78.3 cm³/mol. The van der Waals surface area contributed by atoms with Crippen molar-refractivity contribution in [2.45, 2.75) is 25.9 Å². The third-order valence-electron chi connectivity index (χ3n) is 3.46. The maximum atomic E-state index is 11.8. The molecule has 1 unspecified atom stereocenters. The number of amides is 1. The molecule has 0 spiro atoms. The molecule has 0 radical (unpaired) electrons. The van der Waals surface area contributed by atoms with E-state index in [-0.39, 0.29) is 17.6 Å². The standard InChI is InChI=1S/C13H16BrN3O3/c1-2-10-13(18)15-6-7-16(10)8-9-4-3-5-11(12(9)14)17(19)20/h3-5,10H,2,6-8H2,1H3,(H,15,18). The summed E-state index contributed by atoms with van der Waals surface area (Å²) in [6, 6.07) is 4.81. The molecule has 1 aliphatic heterocycles. The second-order valence-corrected chi connectivity index (χ2v) is 5.49. The van der Waals surface area contributed by atoms with E-state index in [1.165, 1.54) is 6.07 Å². The minimum atomic E-state index is -0.409. The van der Waals surface area contributed by atoms with E-state index in [0.29, 0.717) is 17.6 Å². The van der Waals surface area contributed by atoms with Crippen molar-refractivity contribution in [2.75, 3.05) is 13.1 Å². The van der Waals surface area contributed by atoms with Gasteiger partial charge in [0.1, 0.15) is 0 Å². The molecule has 1 aliphatic rings. The number of rotatable bonds is 4. The van der Waals surface area contributed by atoms with Gasteiger partial charge in [0.2, 0.25) is 5.91 Å². The second-order valence-electron chi connectivity index (χ2n) is 4.69. The third-order valence-corrected chi connectivity index (χ3v) is 4.37. The first-order valence-corrected chi connectivity index (χ1v) is 7.27. The lowest BCUT2D eigenvalue weighted by Gasteiger charge is -2.34. The molecule has 1 amide bonds. The van der Waals surface area contributed by atoms with Crippen LogP contribution in [0.1, 0.15) is 18.9 Å². The van der Waals surface area contributed by atoms with E-state index in [9.17, 15) is 14.9 Å². The number of nitro benzene ring substituents is 1. The largest absolute Gasteiger partial charge is 0.353 e. The minimum absolute atomic E-state index is 0.0281. The first kappa shape index (κ1) is 14.9. The number of benzene rings is 1. The molecule has 7 heteroatoms. The fourth-order valence-corrected chi connectivity index (χ4v) is 2.98. The number of hydrogen-bond acceptors (Lipinski definition) is 4. The third kappa shape index (κ3) is 2.99. The van der Waals surface area contributed by atoms with Gasteiger partial charge in [-0.1, -0.05) is 19.1 Å². The Morgan fingerprint density at radius 3 is 2.95 bits per heavy atom. The van der Waals surface area contributed by atoms with Gasteiger partial charge < -0.3 is 5.32 Å². The van der Waals surface area contributed by atoms with Gasteiger partial charge in [-0.05, 0) is 27.9 Å². The van der Waals surface area contributed by atoms with Gasteiger partial charge in [0, 0.05) is 25.7 Å². The average molecular weight is 342 g/mol. The van der Waals surface area contributed by atoms with Crippen molar-refractivity contribution in [3.05, 3.63) is 38.3 Å². The van der Waals surface area contributed by atoms with Crippen molar-refractivity contribution < 1.29 is 9.72 Å². The molecule has 20 heavy (non-hydrogen) atoms. The topological polar surface area (TPSA) is 75.5 Å². The number of carbonyl (C=O) groups is 1. The van der Waals surface area contributed by atoms with E-state index < -0.39 is 4.92 Å². The van der Waals surface area contributed by atoms with E-state index in [1.807, 2.05) is 13.0 Å². The summed E-state index contributed by atoms with van der Waals surface area (Å²) in [4.78, 5) is 24.4. The first-order chi connectivity index (χ1) is 9.54. The van der Waals surface area contributed by atoms with Crippen LogP contribution in [0.5, 0.6) is 0 Å². The summed E-state index contributed by atoms with van der Waals surface area (Å²) in [7, 11) is 0. The van der Waals surface area contributed by atoms with Crippen LogP contribution in [-0.4, -0.2) is 34.9 Å². The molecule has 1 atom stereocenters. The molecule has 108 valence electrons. The Morgan fingerprint density at radius 2 is 2.30 bits per heavy atom. The van der Waals surface area contributed by atoms with Crippen LogP contribution < -0.4 is 5.32 Å². The van der Waals surface area contributed by atoms with Gasteiger partial charge in [0.05, 0.1) is 15.4 Å². The Labute approximate surface area is 125 Å². The fourth-order valence-electron chi connectivity index (χ4n) is 2.44. The quantitative estimate of drug-likeness (QED) is 0.671. The summed E-state index contributed by atoms with van der Waals surface area (Å²) >= 11 is 3.30. The fraction of sp³-hybridized carbons (Fsp3) is 0.462. The Hall–Kier alpha value is -1.47. The van der Waals surface area contributed by atoms with Gasteiger partial charge in [-0.25, -0.2) is 0 Å². The van der Waals surface area contributed by atoms with Crippen LogP contribution >= 0.6 is 15.9 Å². The predicted octanol–water partition coefficient (Wildman–Crippen LogP) is 2.07. The SMILES string of the molecule is CCC1C(=O)NCCN1Cc1cccc([N+](=O)[O-])c1Br. The molecule has 0 aliphatic carbocycles. The molecule has 1 N–H and O–H groups in total. The van der Waals surface area contributed by atoms with Crippen LogP contribution in [-0.2, 0) is 11.3 Å². The smallest absolute Gasteiger partial charge is 0.283 e. The van der Waals surface area contributed by atoms with Gasteiger partial charge in [-0.3, -0.25) is 19.8 Å². The van der Waals surface area contributed by atoms with Gasteiger partial charge in [-0.15, -0.1) is 0 Å². The van der Waals surface area contributed by atoms with Gasteiger partial charge in [0.15, 0.2) is 0 Å². The summed E-state index contributed by atoms with van der Waals surface area (Å²) in [6.07, 6.45) is 0.721. The zero-order valence-corrected chi connectivity index (χ0v) is 12.7. The Kier molecular flexibility index (Phi) is 4.72. The van der Waals surface area contributed by atoms with E-state index >= 15 is 0 Å². The highest BCUT2D eigenvalue weighted by Crippen LogP contribution is 2.29. The highest BCUT2D eigenvalue weighted by molar-refractivity contribution is 9.10. The molecular weight excluding hydrogens is 326 g/mol. The molecule has 1 aromatic carbocycles. The molecule has 1 saturated heterocycles. The Bertz CT molecular complexity index is 536. The van der Waals surface area contributed by atoms with Gasteiger partial charge in [-0.2, -0.15) is 0 Å². The van der Waals surface area contributed by atoms with Crippen molar-refractivity contribution >= 4 is 27.5 Å². The van der Waals surface area contributed by atoms with E-state index in [4.69, 9.17) is 0 Å². The average Bonchev–Trinajstić information content (AvgIpc) is 2.41. The maximum Gasteiger partial charge on any atom is 0.283 e. The maximum absolute atomic E-state index is 11.8. The lowest BCUT2D eigenvalue weighted by Crippen LogP contribution is -2.54. The molecule has 1 aromatic rings. The summed E-state index contributed by atoms with van der Waals surface area (Å²) in [5.41, 5.74) is 0.879. The molecule has 1 fully saturated rings. The van der Waals surface area contributed by atoms with Crippen LogP contribution in [0.3, 0.4) is 0 Å². The van der Waals surface area contributed by atoms with Crippen molar-refractivity contribution in [1.29, 1.82) is 0 Å². The van der Waals surface area contributed by atoms with E-state index in [2.05, 4.69) is 26.1 Å². The molecule has 0 aromatic heterocycles. The van der Waals surface area contributed by atoms with Crippen LogP contribution in [0.4, 0.5) is 5.69 Å². The van der Waals surface area contributed by atoms with Crippen LogP contribution in [0.15, 0.2) is 22.7 Å².